The molecular weight excluding hydrogens is 372 g/mol. The summed E-state index contributed by atoms with van der Waals surface area (Å²) in [5.74, 6) is -0.567. The molecule has 0 aromatic heterocycles. The molecule has 0 bridgehead atoms. The van der Waals surface area contributed by atoms with Gasteiger partial charge in [0.2, 0.25) is 0 Å². The van der Waals surface area contributed by atoms with Gasteiger partial charge in [0.15, 0.2) is 5.11 Å². The first-order valence-electron chi connectivity index (χ1n) is 9.51. The number of anilines is 1. The Hall–Kier alpha value is -2.73. The lowest BCUT2D eigenvalue weighted by atomic mass is 9.98. The second kappa shape index (κ2) is 9.46. The van der Waals surface area contributed by atoms with Crippen LogP contribution in [0.3, 0.4) is 0 Å². The van der Waals surface area contributed by atoms with Crippen LogP contribution in [-0.4, -0.2) is 23.1 Å². The molecular formula is C22H24N2O3S. The van der Waals surface area contributed by atoms with Crippen molar-refractivity contribution in [2.75, 3.05) is 5.32 Å². The van der Waals surface area contributed by atoms with Crippen LogP contribution in [0.2, 0.25) is 0 Å². The van der Waals surface area contributed by atoms with E-state index in [1.807, 2.05) is 19.1 Å². The van der Waals surface area contributed by atoms with Gasteiger partial charge in [-0.15, -0.1) is 0 Å². The molecule has 1 amide bonds. The summed E-state index contributed by atoms with van der Waals surface area (Å²) in [6.45, 7) is 1.92. The Kier molecular flexibility index (Phi) is 6.76. The Bertz CT molecular complexity index is 858. The number of benzene rings is 2. The Labute approximate surface area is 170 Å². The summed E-state index contributed by atoms with van der Waals surface area (Å²) in [6, 6.07) is 14.1. The molecule has 1 aliphatic carbocycles. The largest absolute Gasteiger partial charge is 0.459 e. The Balaban J connectivity index is 1.52. The third kappa shape index (κ3) is 5.63. The summed E-state index contributed by atoms with van der Waals surface area (Å²) >= 11 is 5.20. The highest BCUT2D eigenvalue weighted by Crippen LogP contribution is 2.21. The Morgan fingerprint density at radius 1 is 1.00 bits per heavy atom. The van der Waals surface area contributed by atoms with Crippen LogP contribution in [-0.2, 0) is 4.74 Å². The summed E-state index contributed by atoms with van der Waals surface area (Å²) in [4.78, 5) is 24.5. The van der Waals surface area contributed by atoms with Crippen molar-refractivity contribution < 1.29 is 14.3 Å². The maximum atomic E-state index is 12.3. The number of aryl methyl sites for hydroxylation is 1. The molecule has 0 spiro atoms. The van der Waals surface area contributed by atoms with Crippen LogP contribution in [0.15, 0.2) is 48.5 Å². The zero-order valence-corrected chi connectivity index (χ0v) is 16.7. The minimum Gasteiger partial charge on any atom is -0.459 e. The highest BCUT2D eigenvalue weighted by molar-refractivity contribution is 7.80. The first kappa shape index (κ1) is 20.0. The SMILES string of the molecule is Cc1cccc(C(=O)NC(=S)Nc2ccc(C(=O)OC3CCCCC3)cc2)c1. The number of hydrogen-bond acceptors (Lipinski definition) is 4. The smallest absolute Gasteiger partial charge is 0.338 e. The van der Waals surface area contributed by atoms with Crippen molar-refractivity contribution in [1.82, 2.24) is 5.32 Å². The molecule has 2 N–H and O–H groups in total. The van der Waals surface area contributed by atoms with Gasteiger partial charge in [0.05, 0.1) is 5.56 Å². The average Bonchev–Trinajstić information content (AvgIpc) is 2.69. The second-order valence-corrected chi connectivity index (χ2v) is 7.43. The lowest BCUT2D eigenvalue weighted by molar-refractivity contribution is 0.0211. The van der Waals surface area contributed by atoms with E-state index in [1.54, 1.807) is 36.4 Å². The number of thiocarbonyl (C=S) groups is 1. The monoisotopic (exact) mass is 396 g/mol. The van der Waals surface area contributed by atoms with E-state index in [1.165, 1.54) is 6.42 Å². The fraction of sp³-hybridized carbons (Fsp3) is 0.318. The topological polar surface area (TPSA) is 67.4 Å². The Morgan fingerprint density at radius 2 is 1.71 bits per heavy atom. The van der Waals surface area contributed by atoms with Gasteiger partial charge in [-0.05, 0) is 81.2 Å². The van der Waals surface area contributed by atoms with E-state index in [9.17, 15) is 9.59 Å². The predicted octanol–water partition coefficient (Wildman–Crippen LogP) is 4.61. The van der Waals surface area contributed by atoms with Crippen molar-refractivity contribution in [2.45, 2.75) is 45.1 Å². The molecule has 146 valence electrons. The van der Waals surface area contributed by atoms with Crippen LogP contribution < -0.4 is 10.6 Å². The fourth-order valence-corrected chi connectivity index (χ4v) is 3.43. The molecule has 6 heteroatoms. The van der Waals surface area contributed by atoms with Crippen LogP contribution >= 0.6 is 12.2 Å². The zero-order valence-electron chi connectivity index (χ0n) is 15.9. The van der Waals surface area contributed by atoms with Gasteiger partial charge < -0.3 is 10.1 Å². The average molecular weight is 397 g/mol. The molecule has 2 aromatic carbocycles. The van der Waals surface area contributed by atoms with Gasteiger partial charge in [0.1, 0.15) is 6.10 Å². The zero-order chi connectivity index (χ0) is 19.9. The van der Waals surface area contributed by atoms with E-state index < -0.39 is 0 Å². The molecule has 0 heterocycles. The quantitative estimate of drug-likeness (QED) is 0.583. The van der Waals surface area contributed by atoms with Crippen molar-refractivity contribution in [2.24, 2.45) is 0 Å². The van der Waals surface area contributed by atoms with E-state index >= 15 is 0 Å². The van der Waals surface area contributed by atoms with Crippen molar-refractivity contribution in [1.29, 1.82) is 0 Å². The molecule has 1 aliphatic rings. The number of hydrogen-bond donors (Lipinski definition) is 2. The van der Waals surface area contributed by atoms with E-state index in [0.29, 0.717) is 16.8 Å². The molecule has 0 saturated heterocycles. The molecule has 0 radical (unpaired) electrons. The molecule has 5 nitrogen and oxygen atoms in total. The van der Waals surface area contributed by atoms with Crippen molar-refractivity contribution in [3.63, 3.8) is 0 Å². The van der Waals surface area contributed by atoms with Crippen LogP contribution in [0, 0.1) is 6.92 Å². The summed E-state index contributed by atoms with van der Waals surface area (Å²) in [5.41, 5.74) is 2.74. The lowest BCUT2D eigenvalue weighted by Crippen LogP contribution is -2.34. The molecule has 3 rings (SSSR count). The molecule has 1 saturated carbocycles. The van der Waals surface area contributed by atoms with E-state index in [4.69, 9.17) is 17.0 Å². The number of amides is 1. The van der Waals surface area contributed by atoms with E-state index in [-0.39, 0.29) is 23.1 Å². The normalized spacial score (nSPS) is 14.2. The Morgan fingerprint density at radius 3 is 2.39 bits per heavy atom. The third-order valence-electron chi connectivity index (χ3n) is 4.71. The van der Waals surface area contributed by atoms with Crippen molar-refractivity contribution in [3.05, 3.63) is 65.2 Å². The maximum Gasteiger partial charge on any atom is 0.338 e. The summed E-state index contributed by atoms with van der Waals surface area (Å²) in [6.07, 6.45) is 5.37. The number of esters is 1. The van der Waals surface area contributed by atoms with Gasteiger partial charge in [0.25, 0.3) is 5.91 Å². The van der Waals surface area contributed by atoms with E-state index in [0.717, 1.165) is 31.2 Å². The minimum absolute atomic E-state index is 0.0310. The summed E-state index contributed by atoms with van der Waals surface area (Å²) in [7, 11) is 0. The minimum atomic E-state index is -0.297. The third-order valence-corrected chi connectivity index (χ3v) is 4.92. The number of rotatable bonds is 4. The molecule has 28 heavy (non-hydrogen) atoms. The summed E-state index contributed by atoms with van der Waals surface area (Å²) < 4.78 is 5.57. The maximum absolute atomic E-state index is 12.3. The van der Waals surface area contributed by atoms with Crippen LogP contribution in [0.25, 0.3) is 0 Å². The number of ether oxygens (including phenoxy) is 1. The van der Waals surface area contributed by atoms with Gasteiger partial charge in [-0.2, -0.15) is 0 Å². The van der Waals surface area contributed by atoms with Crippen molar-refractivity contribution in [3.8, 4) is 0 Å². The molecule has 0 unspecified atom stereocenters. The van der Waals surface area contributed by atoms with Gasteiger partial charge in [-0.1, -0.05) is 24.1 Å². The molecule has 2 aromatic rings. The highest BCUT2D eigenvalue weighted by atomic mass is 32.1. The van der Waals surface area contributed by atoms with E-state index in [2.05, 4.69) is 10.6 Å². The second-order valence-electron chi connectivity index (χ2n) is 7.02. The van der Waals surface area contributed by atoms with Crippen molar-refractivity contribution >= 4 is 34.9 Å². The van der Waals surface area contributed by atoms with Crippen LogP contribution in [0.1, 0.15) is 58.4 Å². The standard InChI is InChI=1S/C22H24N2O3S/c1-15-6-5-7-17(14-15)20(25)24-22(28)23-18-12-10-16(11-13-18)21(26)27-19-8-3-2-4-9-19/h5-7,10-14,19H,2-4,8-9H2,1H3,(H2,23,24,25,28). The predicted molar refractivity (Wildman–Crippen MR) is 114 cm³/mol. The first-order chi connectivity index (χ1) is 13.5. The fourth-order valence-electron chi connectivity index (χ4n) is 3.22. The lowest BCUT2D eigenvalue weighted by Gasteiger charge is -2.21. The summed E-state index contributed by atoms with van der Waals surface area (Å²) in [5, 5.41) is 5.80. The first-order valence-corrected chi connectivity index (χ1v) is 9.92. The number of carbonyl (C=O) groups excluding carboxylic acids is 2. The number of carbonyl (C=O) groups is 2. The van der Waals surface area contributed by atoms with Gasteiger partial charge in [0, 0.05) is 11.3 Å². The van der Waals surface area contributed by atoms with Crippen LogP contribution in [0.5, 0.6) is 0 Å². The number of nitrogens with one attached hydrogen (secondary N) is 2. The molecule has 0 aliphatic heterocycles. The van der Waals surface area contributed by atoms with Gasteiger partial charge in [-0.25, -0.2) is 4.79 Å². The van der Waals surface area contributed by atoms with Crippen LogP contribution in [0.4, 0.5) is 5.69 Å². The highest BCUT2D eigenvalue weighted by Gasteiger charge is 2.18. The molecule has 1 fully saturated rings. The van der Waals surface area contributed by atoms with Gasteiger partial charge in [-0.3, -0.25) is 10.1 Å². The van der Waals surface area contributed by atoms with Gasteiger partial charge >= 0.3 is 5.97 Å². The molecule has 0 atom stereocenters.